The van der Waals surface area contributed by atoms with E-state index in [1.807, 2.05) is 20.0 Å². The van der Waals surface area contributed by atoms with Gasteiger partial charge in [0.2, 0.25) is 0 Å². The molecule has 0 bridgehead atoms. The van der Waals surface area contributed by atoms with Crippen LogP contribution in [0.3, 0.4) is 0 Å². The summed E-state index contributed by atoms with van der Waals surface area (Å²) in [4.78, 5) is 2.55. The van der Waals surface area contributed by atoms with E-state index in [1.54, 1.807) is 0 Å². The Hall–Kier alpha value is -1.06. The van der Waals surface area contributed by atoms with Crippen LogP contribution in [0.2, 0.25) is 0 Å². The predicted octanol–water partition coefficient (Wildman–Crippen LogP) is 2.52. The van der Waals surface area contributed by atoms with Gasteiger partial charge in [0.05, 0.1) is 6.61 Å². The first kappa shape index (κ1) is 14.4. The highest BCUT2D eigenvalue weighted by molar-refractivity contribution is 5.33. The zero-order valence-corrected chi connectivity index (χ0v) is 12.2. The molecule has 1 heterocycles. The summed E-state index contributed by atoms with van der Waals surface area (Å²) in [6.45, 7) is 7.35. The zero-order valence-electron chi connectivity index (χ0n) is 12.2. The lowest BCUT2D eigenvalue weighted by Crippen LogP contribution is -2.36. The highest BCUT2D eigenvalue weighted by Crippen LogP contribution is 2.23. The Balaban J connectivity index is 1.88. The van der Waals surface area contributed by atoms with E-state index in [2.05, 4.69) is 28.4 Å². The number of hydrogen-bond donors (Lipinski definition) is 1. The van der Waals surface area contributed by atoms with Crippen LogP contribution in [-0.2, 0) is 6.54 Å². The van der Waals surface area contributed by atoms with Gasteiger partial charge in [0, 0.05) is 12.1 Å². The van der Waals surface area contributed by atoms with E-state index in [9.17, 15) is 0 Å². The quantitative estimate of drug-likeness (QED) is 0.852. The number of ether oxygens (including phenoxy) is 1. The lowest BCUT2D eigenvalue weighted by Gasteiger charge is -2.32. The Labute approximate surface area is 116 Å². The number of piperidine rings is 1. The minimum absolute atomic E-state index is 0.737. The maximum absolute atomic E-state index is 5.70. The molecule has 2 rings (SSSR count). The first-order valence-electron chi connectivity index (χ1n) is 7.41. The number of rotatable bonds is 6. The first-order chi connectivity index (χ1) is 9.33. The van der Waals surface area contributed by atoms with Crippen molar-refractivity contribution in [3.63, 3.8) is 0 Å². The third-order valence-corrected chi connectivity index (χ3v) is 3.87. The number of nitrogens with one attached hydrogen (secondary N) is 1. The van der Waals surface area contributed by atoms with Gasteiger partial charge in [-0.15, -0.1) is 0 Å². The lowest BCUT2D eigenvalue weighted by molar-refractivity contribution is 0.174. The molecule has 0 saturated carbocycles. The van der Waals surface area contributed by atoms with Crippen LogP contribution in [0.25, 0.3) is 0 Å². The third-order valence-electron chi connectivity index (χ3n) is 3.87. The molecule has 3 nitrogen and oxygen atoms in total. The fourth-order valence-electron chi connectivity index (χ4n) is 2.81. The molecule has 1 saturated heterocycles. The van der Waals surface area contributed by atoms with Crippen molar-refractivity contribution in [1.82, 2.24) is 10.2 Å². The lowest BCUT2D eigenvalue weighted by atomic mass is 9.96. The molecule has 106 valence electrons. The van der Waals surface area contributed by atoms with Gasteiger partial charge in [-0.2, -0.15) is 0 Å². The molecule has 0 unspecified atom stereocenters. The largest absolute Gasteiger partial charge is 0.494 e. The van der Waals surface area contributed by atoms with E-state index in [4.69, 9.17) is 4.74 Å². The van der Waals surface area contributed by atoms with E-state index in [0.717, 1.165) is 31.4 Å². The predicted molar refractivity (Wildman–Crippen MR) is 79.5 cm³/mol. The average Bonchev–Trinajstić information content (AvgIpc) is 2.44. The van der Waals surface area contributed by atoms with Gasteiger partial charge in [-0.25, -0.2) is 0 Å². The Morgan fingerprint density at radius 2 is 2.00 bits per heavy atom. The Kier molecular flexibility index (Phi) is 5.67. The van der Waals surface area contributed by atoms with Crippen molar-refractivity contribution in [3.05, 3.63) is 29.8 Å². The van der Waals surface area contributed by atoms with Crippen LogP contribution in [0.5, 0.6) is 5.75 Å². The van der Waals surface area contributed by atoms with Crippen molar-refractivity contribution >= 4 is 0 Å². The Morgan fingerprint density at radius 3 is 2.68 bits per heavy atom. The van der Waals surface area contributed by atoms with E-state index < -0.39 is 0 Å². The van der Waals surface area contributed by atoms with Gasteiger partial charge in [0.25, 0.3) is 0 Å². The van der Waals surface area contributed by atoms with Crippen molar-refractivity contribution in [1.29, 1.82) is 0 Å². The highest BCUT2D eigenvalue weighted by atomic mass is 16.5. The average molecular weight is 262 g/mol. The molecule has 1 aromatic rings. The molecule has 0 radical (unpaired) electrons. The Bertz CT molecular complexity index is 373. The van der Waals surface area contributed by atoms with Crippen LogP contribution in [0.15, 0.2) is 24.3 Å². The van der Waals surface area contributed by atoms with Gasteiger partial charge in [0.1, 0.15) is 5.75 Å². The van der Waals surface area contributed by atoms with Crippen LogP contribution in [-0.4, -0.2) is 38.2 Å². The van der Waals surface area contributed by atoms with E-state index in [-0.39, 0.29) is 0 Å². The van der Waals surface area contributed by atoms with Gasteiger partial charge < -0.3 is 10.1 Å². The molecule has 1 fully saturated rings. The molecule has 0 aromatic heterocycles. The van der Waals surface area contributed by atoms with E-state index >= 15 is 0 Å². The van der Waals surface area contributed by atoms with Crippen LogP contribution < -0.4 is 10.1 Å². The van der Waals surface area contributed by atoms with Crippen LogP contribution >= 0.6 is 0 Å². The molecular formula is C16H26N2O. The van der Waals surface area contributed by atoms with E-state index in [0.29, 0.717) is 0 Å². The normalized spacial score (nSPS) is 17.6. The molecule has 1 aromatic carbocycles. The number of nitrogens with zero attached hydrogens (tertiary/aromatic N) is 1. The molecule has 1 aliphatic heterocycles. The van der Waals surface area contributed by atoms with Gasteiger partial charge in [-0.1, -0.05) is 18.2 Å². The van der Waals surface area contributed by atoms with Crippen molar-refractivity contribution in [3.8, 4) is 5.75 Å². The van der Waals surface area contributed by atoms with Crippen LogP contribution in [0, 0.1) is 5.92 Å². The second-order valence-electron chi connectivity index (χ2n) is 5.32. The SMILES string of the molecule is CCOc1ccccc1CN1CCC(CNC)CC1. The summed E-state index contributed by atoms with van der Waals surface area (Å²) >= 11 is 0. The number of para-hydroxylation sites is 1. The summed E-state index contributed by atoms with van der Waals surface area (Å²) in [6.07, 6.45) is 2.61. The number of likely N-dealkylation sites (tertiary alicyclic amines) is 1. The van der Waals surface area contributed by atoms with Gasteiger partial charge in [-0.3, -0.25) is 4.90 Å². The molecule has 1 aliphatic rings. The van der Waals surface area contributed by atoms with Gasteiger partial charge >= 0.3 is 0 Å². The summed E-state index contributed by atoms with van der Waals surface area (Å²) in [5, 5.41) is 3.29. The van der Waals surface area contributed by atoms with Gasteiger partial charge in [-0.05, 0) is 58.4 Å². The summed E-state index contributed by atoms with van der Waals surface area (Å²) in [7, 11) is 2.05. The standard InChI is InChI=1S/C16H26N2O/c1-3-19-16-7-5-4-6-15(16)13-18-10-8-14(9-11-18)12-17-2/h4-7,14,17H,3,8-13H2,1-2H3. The molecule has 0 spiro atoms. The summed E-state index contributed by atoms with van der Waals surface area (Å²) in [6, 6.07) is 8.41. The number of benzene rings is 1. The fourth-order valence-corrected chi connectivity index (χ4v) is 2.81. The molecule has 0 amide bonds. The molecule has 0 atom stereocenters. The summed E-state index contributed by atoms with van der Waals surface area (Å²) in [5.74, 6) is 1.89. The molecular weight excluding hydrogens is 236 g/mol. The molecule has 1 N–H and O–H groups in total. The molecule has 0 aliphatic carbocycles. The van der Waals surface area contributed by atoms with Crippen molar-refractivity contribution in [2.45, 2.75) is 26.3 Å². The minimum atomic E-state index is 0.737. The molecule has 3 heteroatoms. The smallest absolute Gasteiger partial charge is 0.123 e. The minimum Gasteiger partial charge on any atom is -0.494 e. The van der Waals surface area contributed by atoms with Crippen LogP contribution in [0.1, 0.15) is 25.3 Å². The second-order valence-corrected chi connectivity index (χ2v) is 5.32. The maximum Gasteiger partial charge on any atom is 0.123 e. The Morgan fingerprint density at radius 1 is 1.26 bits per heavy atom. The van der Waals surface area contributed by atoms with E-state index in [1.165, 1.54) is 31.5 Å². The monoisotopic (exact) mass is 262 g/mol. The van der Waals surface area contributed by atoms with Crippen molar-refractivity contribution in [2.75, 3.05) is 33.3 Å². The van der Waals surface area contributed by atoms with Crippen molar-refractivity contribution < 1.29 is 4.74 Å². The first-order valence-corrected chi connectivity index (χ1v) is 7.41. The molecule has 19 heavy (non-hydrogen) atoms. The second kappa shape index (κ2) is 7.51. The number of hydrogen-bond acceptors (Lipinski definition) is 3. The van der Waals surface area contributed by atoms with Gasteiger partial charge in [0.15, 0.2) is 0 Å². The summed E-state index contributed by atoms with van der Waals surface area (Å²) in [5.41, 5.74) is 1.32. The van der Waals surface area contributed by atoms with Crippen molar-refractivity contribution in [2.24, 2.45) is 5.92 Å². The zero-order chi connectivity index (χ0) is 13.5. The van der Waals surface area contributed by atoms with Crippen LogP contribution in [0.4, 0.5) is 0 Å². The maximum atomic E-state index is 5.70. The fraction of sp³-hybridized carbons (Fsp3) is 0.625. The topological polar surface area (TPSA) is 24.5 Å². The highest BCUT2D eigenvalue weighted by Gasteiger charge is 2.19. The third kappa shape index (κ3) is 4.22. The summed E-state index contributed by atoms with van der Waals surface area (Å²) < 4.78 is 5.70.